The van der Waals surface area contributed by atoms with Crippen LogP contribution >= 0.6 is 11.8 Å². The second kappa shape index (κ2) is 6.49. The summed E-state index contributed by atoms with van der Waals surface area (Å²) in [5, 5.41) is 0. The van der Waals surface area contributed by atoms with Crippen molar-refractivity contribution in [1.29, 1.82) is 0 Å². The first kappa shape index (κ1) is 18.3. The Morgan fingerprint density at radius 2 is 1.17 bits per heavy atom. The molecule has 2 aliphatic heterocycles. The van der Waals surface area contributed by atoms with Crippen LogP contribution < -0.4 is 4.90 Å². The summed E-state index contributed by atoms with van der Waals surface area (Å²) in [6.07, 6.45) is 6.20. The molecule has 0 N–H and O–H groups in total. The molecule has 3 heteroatoms. The van der Waals surface area contributed by atoms with E-state index >= 15 is 0 Å². The third kappa shape index (κ3) is 2.09. The van der Waals surface area contributed by atoms with Crippen molar-refractivity contribution >= 4 is 23.4 Å². The van der Waals surface area contributed by atoms with Crippen molar-refractivity contribution in [2.75, 3.05) is 4.90 Å². The SMILES string of the molecule is O=C1N(c2ccccc2)C2(SC23CCCCC3)C1(c1ccccc1)c1ccccc1. The zero-order chi connectivity index (χ0) is 20.2. The molecule has 1 unspecified atom stereocenters. The van der Waals surface area contributed by atoms with Crippen LogP contribution in [0.25, 0.3) is 0 Å². The molecule has 2 nitrogen and oxygen atoms in total. The molecule has 1 atom stereocenters. The van der Waals surface area contributed by atoms with Gasteiger partial charge in [-0.15, -0.1) is 11.8 Å². The topological polar surface area (TPSA) is 20.3 Å². The Kier molecular flexibility index (Phi) is 3.95. The van der Waals surface area contributed by atoms with Crippen LogP contribution in [0.1, 0.15) is 43.2 Å². The van der Waals surface area contributed by atoms with Crippen LogP contribution in [0.5, 0.6) is 0 Å². The van der Waals surface area contributed by atoms with E-state index in [0.29, 0.717) is 0 Å². The molecular weight excluding hydrogens is 386 g/mol. The van der Waals surface area contributed by atoms with Gasteiger partial charge in [0, 0.05) is 5.69 Å². The van der Waals surface area contributed by atoms with Crippen molar-refractivity contribution in [3.05, 3.63) is 102 Å². The van der Waals surface area contributed by atoms with Crippen molar-refractivity contribution in [2.24, 2.45) is 0 Å². The van der Waals surface area contributed by atoms with Gasteiger partial charge in [0.05, 0.1) is 4.75 Å². The number of amides is 1. The molecule has 2 heterocycles. The van der Waals surface area contributed by atoms with Crippen LogP contribution in [0.4, 0.5) is 5.69 Å². The van der Waals surface area contributed by atoms with Gasteiger partial charge in [-0.25, -0.2) is 0 Å². The number of fused-ring (bicyclic) bond motifs is 1. The number of carbonyl (C=O) groups excluding carboxylic acids is 1. The van der Waals surface area contributed by atoms with Gasteiger partial charge in [-0.1, -0.05) is 98.1 Å². The Bertz CT molecular complexity index is 1040. The zero-order valence-electron chi connectivity index (χ0n) is 17.0. The summed E-state index contributed by atoms with van der Waals surface area (Å²) in [5.41, 5.74) is 2.65. The molecule has 150 valence electrons. The van der Waals surface area contributed by atoms with Crippen molar-refractivity contribution < 1.29 is 4.79 Å². The van der Waals surface area contributed by atoms with Gasteiger partial charge in [-0.2, -0.15) is 0 Å². The van der Waals surface area contributed by atoms with Gasteiger partial charge in [-0.05, 0) is 36.1 Å². The molecule has 1 aliphatic carbocycles. The monoisotopic (exact) mass is 411 g/mol. The van der Waals surface area contributed by atoms with Gasteiger partial charge in [0.1, 0.15) is 10.3 Å². The van der Waals surface area contributed by atoms with E-state index < -0.39 is 5.41 Å². The number of nitrogens with zero attached hydrogens (tertiary/aromatic N) is 1. The fourth-order valence-electron chi connectivity index (χ4n) is 6.12. The van der Waals surface area contributed by atoms with Gasteiger partial charge in [0.25, 0.3) is 0 Å². The second-order valence-corrected chi connectivity index (χ2v) is 10.3. The van der Waals surface area contributed by atoms with E-state index in [0.717, 1.165) is 16.8 Å². The maximum Gasteiger partial charge on any atom is 0.246 e. The minimum absolute atomic E-state index is 0.140. The van der Waals surface area contributed by atoms with Crippen molar-refractivity contribution in [3.8, 4) is 0 Å². The lowest BCUT2D eigenvalue weighted by Crippen LogP contribution is -2.77. The molecule has 3 fully saturated rings. The normalized spacial score (nSPS) is 25.9. The van der Waals surface area contributed by atoms with Gasteiger partial charge in [0.15, 0.2) is 0 Å². The number of para-hydroxylation sites is 1. The molecule has 2 saturated heterocycles. The van der Waals surface area contributed by atoms with E-state index in [9.17, 15) is 4.79 Å². The smallest absolute Gasteiger partial charge is 0.246 e. The van der Waals surface area contributed by atoms with Crippen molar-refractivity contribution in [1.82, 2.24) is 0 Å². The number of rotatable bonds is 3. The van der Waals surface area contributed by atoms with E-state index in [4.69, 9.17) is 0 Å². The number of benzene rings is 3. The van der Waals surface area contributed by atoms with Crippen molar-refractivity contribution in [3.63, 3.8) is 0 Å². The van der Waals surface area contributed by atoms with Gasteiger partial charge >= 0.3 is 0 Å². The molecule has 3 aromatic carbocycles. The molecule has 0 radical (unpaired) electrons. The second-order valence-electron chi connectivity index (χ2n) is 8.76. The van der Waals surface area contributed by atoms with Crippen LogP contribution in [0, 0.1) is 0 Å². The minimum Gasteiger partial charge on any atom is -0.293 e. The largest absolute Gasteiger partial charge is 0.293 e. The van der Waals surface area contributed by atoms with Crippen LogP contribution in [-0.4, -0.2) is 15.5 Å². The van der Waals surface area contributed by atoms with Crippen molar-refractivity contribution in [2.45, 2.75) is 47.1 Å². The van der Waals surface area contributed by atoms with Gasteiger partial charge in [0.2, 0.25) is 5.91 Å². The number of hydrogen-bond acceptors (Lipinski definition) is 2. The Labute approximate surface area is 182 Å². The lowest BCUT2D eigenvalue weighted by atomic mass is 9.56. The van der Waals surface area contributed by atoms with Gasteiger partial charge in [-0.3, -0.25) is 9.69 Å². The molecule has 0 aromatic heterocycles. The highest BCUT2D eigenvalue weighted by molar-refractivity contribution is 8.10. The molecular formula is C27H25NOS. The number of hydrogen-bond donors (Lipinski definition) is 0. The van der Waals surface area contributed by atoms with Crippen LogP contribution in [0.15, 0.2) is 91.0 Å². The molecule has 3 aliphatic rings. The summed E-state index contributed by atoms with van der Waals surface area (Å²) in [5.74, 6) is 0.209. The van der Waals surface area contributed by atoms with Gasteiger partial charge < -0.3 is 0 Å². The summed E-state index contributed by atoms with van der Waals surface area (Å²) in [4.78, 5) is 16.2. The Balaban J connectivity index is 1.62. The Hall–Kier alpha value is -2.52. The number of β-lactam (4-membered cyclic amide) rings is 1. The highest BCUT2D eigenvalue weighted by atomic mass is 32.2. The number of carbonyl (C=O) groups is 1. The van der Waals surface area contributed by atoms with Crippen LogP contribution in [-0.2, 0) is 10.2 Å². The summed E-state index contributed by atoms with van der Waals surface area (Å²) < 4.78 is 0.140. The zero-order valence-corrected chi connectivity index (χ0v) is 17.8. The lowest BCUT2D eigenvalue weighted by molar-refractivity contribution is -0.132. The molecule has 6 rings (SSSR count). The fraction of sp³-hybridized carbons (Fsp3) is 0.296. The van der Waals surface area contributed by atoms with E-state index in [-0.39, 0.29) is 15.5 Å². The minimum atomic E-state index is -0.632. The third-order valence-corrected chi connectivity index (χ3v) is 9.42. The number of thioether (sulfide) groups is 1. The molecule has 3 aromatic rings. The molecule has 0 bridgehead atoms. The molecule has 1 saturated carbocycles. The van der Waals surface area contributed by atoms with Crippen LogP contribution in [0.2, 0.25) is 0 Å². The first-order valence-electron chi connectivity index (χ1n) is 11.0. The lowest BCUT2D eigenvalue weighted by Gasteiger charge is -2.59. The predicted octanol–water partition coefficient (Wildman–Crippen LogP) is 6.17. The fourth-order valence-corrected chi connectivity index (χ4v) is 8.33. The summed E-state index contributed by atoms with van der Waals surface area (Å²) >= 11 is 2.06. The van der Waals surface area contributed by atoms with E-state index in [1.54, 1.807) is 0 Å². The highest BCUT2D eigenvalue weighted by Gasteiger charge is 2.90. The van der Waals surface area contributed by atoms with E-state index in [2.05, 4.69) is 77.3 Å². The van der Waals surface area contributed by atoms with E-state index in [1.807, 2.05) is 30.3 Å². The van der Waals surface area contributed by atoms with Crippen LogP contribution in [0.3, 0.4) is 0 Å². The summed E-state index contributed by atoms with van der Waals surface area (Å²) in [7, 11) is 0. The summed E-state index contributed by atoms with van der Waals surface area (Å²) in [6.45, 7) is 0. The molecule has 1 amide bonds. The Morgan fingerprint density at radius 1 is 0.667 bits per heavy atom. The highest BCUT2D eigenvalue weighted by Crippen LogP contribution is 2.83. The first-order chi connectivity index (χ1) is 14.8. The number of anilines is 1. The Morgan fingerprint density at radius 3 is 1.70 bits per heavy atom. The third-order valence-electron chi connectivity index (χ3n) is 7.36. The maximum absolute atomic E-state index is 14.3. The predicted molar refractivity (Wildman–Crippen MR) is 124 cm³/mol. The average Bonchev–Trinajstić information content (AvgIpc) is 3.45. The quantitative estimate of drug-likeness (QED) is 0.380. The first-order valence-corrected chi connectivity index (χ1v) is 11.8. The molecule has 30 heavy (non-hydrogen) atoms. The maximum atomic E-state index is 14.3. The summed E-state index contributed by atoms with van der Waals surface area (Å²) in [6, 6.07) is 31.3. The molecule has 2 spiro atoms. The standard InChI is InChI=1S/C27H25NOS/c29-24-26(21-13-5-1-6-14-21,22-15-7-2-8-16-22)27(25(30-27)19-11-4-12-20-25)28(24)23-17-9-3-10-18-23/h1-3,5-10,13-18H,4,11-12,19-20H2. The average molecular weight is 412 g/mol. The van der Waals surface area contributed by atoms with E-state index in [1.165, 1.54) is 32.1 Å².